The van der Waals surface area contributed by atoms with E-state index in [9.17, 15) is 0 Å². The lowest BCUT2D eigenvalue weighted by Gasteiger charge is -2.11. The molecule has 1 saturated carbocycles. The first kappa shape index (κ1) is 19.9. The number of pyridine rings is 3. The number of aromatic nitrogens is 5. The molecule has 1 aromatic carbocycles. The topological polar surface area (TPSA) is 82.5 Å². The molecule has 6 rings (SSSR count). The molecule has 0 amide bonds. The Morgan fingerprint density at radius 1 is 0.939 bits per heavy atom. The minimum Gasteiger partial charge on any atom is -0.383 e. The maximum absolute atomic E-state index is 6.22. The van der Waals surface area contributed by atoms with Crippen LogP contribution in [0.2, 0.25) is 0 Å². The number of nitrogens with zero attached hydrogens (tertiary/aromatic N) is 5. The number of fused-ring (bicyclic) bond motifs is 1. The van der Waals surface area contributed by atoms with Crippen molar-refractivity contribution in [2.75, 3.05) is 5.73 Å². The lowest BCUT2D eigenvalue weighted by molar-refractivity contribution is 1.02. The average Bonchev–Trinajstić information content (AvgIpc) is 3.65. The van der Waals surface area contributed by atoms with Crippen LogP contribution in [0, 0.1) is 0 Å². The molecule has 162 valence electrons. The zero-order valence-electron chi connectivity index (χ0n) is 17.8. The van der Waals surface area contributed by atoms with Crippen LogP contribution >= 0.6 is 11.6 Å². The number of halogens is 1. The largest absolute Gasteiger partial charge is 0.383 e. The fourth-order valence-corrected chi connectivity index (χ4v) is 4.24. The Morgan fingerprint density at radius 2 is 1.79 bits per heavy atom. The van der Waals surface area contributed by atoms with Crippen LogP contribution in [0.5, 0.6) is 0 Å². The summed E-state index contributed by atoms with van der Waals surface area (Å²) in [5.41, 5.74) is 13.5. The van der Waals surface area contributed by atoms with E-state index in [2.05, 4.69) is 22.1 Å². The molecule has 2 N–H and O–H groups in total. The molecule has 1 aliphatic rings. The Balaban J connectivity index is 1.54. The van der Waals surface area contributed by atoms with Gasteiger partial charge in [-0.25, -0.2) is 15.0 Å². The van der Waals surface area contributed by atoms with Crippen molar-refractivity contribution >= 4 is 28.6 Å². The predicted octanol–water partition coefficient (Wildman–Crippen LogP) is 5.74. The van der Waals surface area contributed by atoms with Gasteiger partial charge in [0.05, 0.1) is 11.3 Å². The summed E-state index contributed by atoms with van der Waals surface area (Å²) in [6, 6.07) is 20.0. The van der Waals surface area contributed by atoms with Crippen LogP contribution in [0.25, 0.3) is 39.5 Å². The number of benzene rings is 1. The predicted molar refractivity (Wildman–Crippen MR) is 131 cm³/mol. The van der Waals surface area contributed by atoms with E-state index in [4.69, 9.17) is 27.3 Å². The summed E-state index contributed by atoms with van der Waals surface area (Å²) >= 11 is 6.01. The summed E-state index contributed by atoms with van der Waals surface area (Å²) in [6.07, 6.45) is 6.06. The van der Waals surface area contributed by atoms with Crippen LogP contribution in [0.15, 0.2) is 73.1 Å². The van der Waals surface area contributed by atoms with Crippen molar-refractivity contribution in [1.29, 1.82) is 0 Å². The normalized spacial score (nSPS) is 13.5. The van der Waals surface area contributed by atoms with Crippen molar-refractivity contribution in [3.8, 4) is 28.3 Å². The molecule has 4 heterocycles. The van der Waals surface area contributed by atoms with Crippen LogP contribution in [0.3, 0.4) is 0 Å². The van der Waals surface area contributed by atoms with Gasteiger partial charge in [0.25, 0.3) is 0 Å². The number of rotatable bonds is 5. The maximum Gasteiger partial charge on any atom is 0.165 e. The van der Waals surface area contributed by atoms with E-state index in [1.165, 1.54) is 18.5 Å². The molecule has 0 bridgehead atoms. The first-order valence-electron chi connectivity index (χ1n) is 10.9. The highest BCUT2D eigenvalue weighted by molar-refractivity contribution is 6.17. The highest BCUT2D eigenvalue weighted by Crippen LogP contribution is 2.39. The van der Waals surface area contributed by atoms with Gasteiger partial charge in [0.2, 0.25) is 0 Å². The van der Waals surface area contributed by atoms with Gasteiger partial charge in [-0.05, 0) is 66.9 Å². The maximum atomic E-state index is 6.22. The van der Waals surface area contributed by atoms with E-state index >= 15 is 0 Å². The third-order valence-corrected chi connectivity index (χ3v) is 6.32. The molecule has 0 radical (unpaired) electrons. The van der Waals surface area contributed by atoms with Crippen molar-refractivity contribution < 1.29 is 0 Å². The molecule has 5 aromatic rings. The van der Waals surface area contributed by atoms with Gasteiger partial charge in [0, 0.05) is 41.1 Å². The number of alkyl halides is 1. The molecule has 0 aliphatic heterocycles. The van der Waals surface area contributed by atoms with E-state index in [0.717, 1.165) is 39.2 Å². The Kier molecular flexibility index (Phi) is 4.80. The summed E-state index contributed by atoms with van der Waals surface area (Å²) in [5.74, 6) is 2.20. The van der Waals surface area contributed by atoms with Crippen LogP contribution in [-0.4, -0.2) is 24.5 Å². The molecule has 4 aromatic heterocycles. The zero-order valence-corrected chi connectivity index (χ0v) is 18.6. The fourth-order valence-electron chi connectivity index (χ4n) is 4.06. The lowest BCUT2D eigenvalue weighted by Crippen LogP contribution is -2.02. The van der Waals surface area contributed by atoms with Crippen molar-refractivity contribution in [2.24, 2.45) is 0 Å². The van der Waals surface area contributed by atoms with Gasteiger partial charge in [0.15, 0.2) is 11.5 Å². The third kappa shape index (κ3) is 3.62. The zero-order chi connectivity index (χ0) is 22.4. The van der Waals surface area contributed by atoms with Gasteiger partial charge in [-0.3, -0.25) is 9.55 Å². The third-order valence-electron chi connectivity index (χ3n) is 6.01. The van der Waals surface area contributed by atoms with E-state index in [-0.39, 0.29) is 0 Å². The Morgan fingerprint density at radius 3 is 2.48 bits per heavy atom. The van der Waals surface area contributed by atoms with Crippen molar-refractivity contribution in [2.45, 2.75) is 24.6 Å². The molecule has 1 aliphatic carbocycles. The lowest BCUT2D eigenvalue weighted by atomic mass is 10.1. The summed E-state index contributed by atoms with van der Waals surface area (Å²) < 4.78 is 2.02. The highest BCUT2D eigenvalue weighted by atomic mass is 35.5. The SMILES string of the molecule is Nc1ncccc1-c1nc2ccc(-c3ccc(C4CC4)nc3)nc2n1-c1ccc(CCl)cc1. The molecule has 0 unspecified atom stereocenters. The number of nitrogens with two attached hydrogens (primary N) is 1. The summed E-state index contributed by atoms with van der Waals surface area (Å²) in [5, 5.41) is 0. The van der Waals surface area contributed by atoms with Crippen molar-refractivity contribution in [3.05, 3.63) is 84.3 Å². The second-order valence-electron chi connectivity index (χ2n) is 8.29. The standard InChI is InChI=1S/C26H21ClN6/c27-14-16-3-8-19(9-4-16)33-25(20-2-1-13-29-24(20)28)32-23-12-11-22(31-26(23)33)18-7-10-21(30-15-18)17-5-6-17/h1-4,7-13,15,17H,5-6,14H2,(H2,28,29). The molecule has 0 spiro atoms. The Bertz CT molecular complexity index is 1450. The molecule has 0 atom stereocenters. The van der Waals surface area contributed by atoms with Gasteiger partial charge in [-0.15, -0.1) is 11.6 Å². The molecule has 6 nitrogen and oxygen atoms in total. The van der Waals surface area contributed by atoms with E-state index in [1.807, 2.05) is 59.3 Å². The van der Waals surface area contributed by atoms with Crippen molar-refractivity contribution in [1.82, 2.24) is 24.5 Å². The monoisotopic (exact) mass is 452 g/mol. The van der Waals surface area contributed by atoms with Gasteiger partial charge in [-0.2, -0.15) is 0 Å². The number of anilines is 1. The van der Waals surface area contributed by atoms with E-state index in [1.54, 1.807) is 6.20 Å². The molecule has 1 fully saturated rings. The van der Waals surface area contributed by atoms with Crippen LogP contribution in [-0.2, 0) is 5.88 Å². The van der Waals surface area contributed by atoms with E-state index in [0.29, 0.717) is 23.4 Å². The van der Waals surface area contributed by atoms with Gasteiger partial charge < -0.3 is 5.73 Å². The second-order valence-corrected chi connectivity index (χ2v) is 8.56. The molecule has 0 saturated heterocycles. The Hall–Kier alpha value is -3.77. The summed E-state index contributed by atoms with van der Waals surface area (Å²) in [6.45, 7) is 0. The smallest absolute Gasteiger partial charge is 0.165 e. The van der Waals surface area contributed by atoms with Crippen LogP contribution in [0.4, 0.5) is 5.82 Å². The number of imidazole rings is 1. The summed E-state index contributed by atoms with van der Waals surface area (Å²) in [4.78, 5) is 18.8. The molecule has 33 heavy (non-hydrogen) atoms. The van der Waals surface area contributed by atoms with Crippen LogP contribution < -0.4 is 5.73 Å². The number of hydrogen-bond acceptors (Lipinski definition) is 5. The van der Waals surface area contributed by atoms with Gasteiger partial charge in [0.1, 0.15) is 11.3 Å². The second kappa shape index (κ2) is 7.98. The molecular formula is C26H21ClN6. The number of nitrogen functional groups attached to an aromatic ring is 1. The molecular weight excluding hydrogens is 432 g/mol. The minimum atomic E-state index is 0.423. The van der Waals surface area contributed by atoms with Crippen LogP contribution in [0.1, 0.15) is 30.0 Å². The minimum absolute atomic E-state index is 0.423. The Labute approximate surface area is 196 Å². The van der Waals surface area contributed by atoms with Gasteiger partial charge in [-0.1, -0.05) is 12.1 Å². The number of hydrogen-bond donors (Lipinski definition) is 1. The first-order chi connectivity index (χ1) is 16.2. The van der Waals surface area contributed by atoms with E-state index < -0.39 is 0 Å². The summed E-state index contributed by atoms with van der Waals surface area (Å²) in [7, 11) is 0. The fraction of sp³-hybridized carbons (Fsp3) is 0.154. The quantitative estimate of drug-likeness (QED) is 0.343. The first-order valence-corrected chi connectivity index (χ1v) is 11.5. The van der Waals surface area contributed by atoms with Crippen molar-refractivity contribution in [3.63, 3.8) is 0 Å². The molecule has 7 heteroatoms. The average molecular weight is 453 g/mol. The van der Waals surface area contributed by atoms with Gasteiger partial charge >= 0.3 is 0 Å². The highest BCUT2D eigenvalue weighted by Gasteiger charge is 2.24.